The maximum absolute atomic E-state index is 2.40. The number of fused-ring (bicyclic) bond motifs is 1. The summed E-state index contributed by atoms with van der Waals surface area (Å²) >= 11 is 1.88. The second-order valence-corrected chi connectivity index (χ2v) is 6.41. The molecule has 0 saturated carbocycles. The fraction of sp³-hybridized carbons (Fsp3) is 0.538. The van der Waals surface area contributed by atoms with E-state index in [1.807, 2.05) is 11.8 Å². The summed E-state index contributed by atoms with van der Waals surface area (Å²) < 4.78 is 0. The van der Waals surface area contributed by atoms with Crippen LogP contribution in [0.1, 0.15) is 34.1 Å². The Balaban J connectivity index is 2.32. The van der Waals surface area contributed by atoms with Crippen molar-refractivity contribution in [1.29, 1.82) is 0 Å². The Morgan fingerprint density at radius 1 is 1.36 bits per heavy atom. The molecule has 1 aliphatic heterocycles. The van der Waals surface area contributed by atoms with E-state index in [0.29, 0.717) is 5.41 Å². The quantitative estimate of drug-likeness (QED) is 0.562. The molecule has 0 aromatic heterocycles. The molecule has 2 aliphatic rings. The molecule has 0 radical (unpaired) electrons. The van der Waals surface area contributed by atoms with E-state index in [1.165, 1.54) is 10.5 Å². The fourth-order valence-electron chi connectivity index (χ4n) is 1.89. The summed E-state index contributed by atoms with van der Waals surface area (Å²) in [5.41, 5.74) is 2.08. The van der Waals surface area contributed by atoms with Gasteiger partial charge in [0.15, 0.2) is 0 Å². The van der Waals surface area contributed by atoms with Crippen molar-refractivity contribution in [3.63, 3.8) is 0 Å². The number of hydrogen-bond acceptors (Lipinski definition) is 1. The third-order valence-corrected chi connectivity index (χ3v) is 4.20. The molecule has 0 aromatic carbocycles. The SMILES string of the molecule is CC(C)(C)C1=CCC2(C)C=CSC2=C1. The number of hydrogen-bond donors (Lipinski definition) is 0. The monoisotopic (exact) mass is 206 g/mol. The number of rotatable bonds is 0. The Morgan fingerprint density at radius 3 is 2.71 bits per heavy atom. The zero-order chi connectivity index (χ0) is 10.4. The third-order valence-electron chi connectivity index (χ3n) is 3.09. The van der Waals surface area contributed by atoms with Crippen LogP contribution in [0.3, 0.4) is 0 Å². The smallest absolute Gasteiger partial charge is 0.0209 e. The molecule has 0 saturated heterocycles. The molecular formula is C13H18S. The standard InChI is InChI=1S/C13H18S/c1-12(2,3)10-5-6-13(4)7-8-14-11(13)9-10/h5,7-9H,6H2,1-4H3. The van der Waals surface area contributed by atoms with Gasteiger partial charge >= 0.3 is 0 Å². The molecule has 2 rings (SSSR count). The van der Waals surface area contributed by atoms with Gasteiger partial charge in [0.05, 0.1) is 0 Å². The van der Waals surface area contributed by atoms with Gasteiger partial charge in [-0.2, -0.15) is 0 Å². The molecule has 0 nitrogen and oxygen atoms in total. The lowest BCUT2D eigenvalue weighted by atomic mass is 9.76. The summed E-state index contributed by atoms with van der Waals surface area (Å²) in [7, 11) is 0. The molecule has 1 aliphatic carbocycles. The topological polar surface area (TPSA) is 0 Å². The second-order valence-electron chi connectivity index (χ2n) is 5.46. The molecule has 14 heavy (non-hydrogen) atoms. The Bertz CT molecular complexity index is 339. The van der Waals surface area contributed by atoms with Gasteiger partial charge in [0.1, 0.15) is 0 Å². The molecule has 0 bridgehead atoms. The van der Waals surface area contributed by atoms with E-state index in [2.05, 4.69) is 51.3 Å². The van der Waals surface area contributed by atoms with E-state index in [4.69, 9.17) is 0 Å². The molecule has 0 N–H and O–H groups in total. The fourth-order valence-corrected chi connectivity index (χ4v) is 3.02. The van der Waals surface area contributed by atoms with E-state index in [9.17, 15) is 0 Å². The van der Waals surface area contributed by atoms with Gasteiger partial charge in [0, 0.05) is 5.41 Å². The van der Waals surface area contributed by atoms with E-state index >= 15 is 0 Å². The lowest BCUT2D eigenvalue weighted by Gasteiger charge is -2.31. The predicted octanol–water partition coefficient (Wildman–Crippen LogP) is 4.51. The van der Waals surface area contributed by atoms with Crippen LogP contribution in [0.15, 0.2) is 34.1 Å². The summed E-state index contributed by atoms with van der Waals surface area (Å²) in [6.07, 6.45) is 8.28. The van der Waals surface area contributed by atoms with Crippen molar-refractivity contribution in [2.75, 3.05) is 0 Å². The molecule has 0 aromatic rings. The van der Waals surface area contributed by atoms with Gasteiger partial charge in [-0.05, 0) is 33.8 Å². The Labute approximate surface area is 91.2 Å². The minimum atomic E-state index is 0.289. The van der Waals surface area contributed by atoms with Gasteiger partial charge in [0.25, 0.3) is 0 Å². The van der Waals surface area contributed by atoms with Crippen molar-refractivity contribution in [2.24, 2.45) is 10.8 Å². The van der Waals surface area contributed by atoms with Crippen LogP contribution in [0.25, 0.3) is 0 Å². The van der Waals surface area contributed by atoms with Crippen LogP contribution >= 0.6 is 11.8 Å². The minimum Gasteiger partial charge on any atom is -0.102 e. The predicted molar refractivity (Wildman–Crippen MR) is 65.1 cm³/mol. The first-order chi connectivity index (χ1) is 6.42. The van der Waals surface area contributed by atoms with Crippen molar-refractivity contribution in [3.05, 3.63) is 34.1 Å². The minimum absolute atomic E-state index is 0.289. The first kappa shape index (κ1) is 10.1. The Kier molecular flexibility index (Phi) is 2.19. The lowest BCUT2D eigenvalue weighted by molar-refractivity contribution is 0.485. The van der Waals surface area contributed by atoms with Crippen LogP contribution < -0.4 is 0 Å². The van der Waals surface area contributed by atoms with Crippen LogP contribution in [0, 0.1) is 10.8 Å². The lowest BCUT2D eigenvalue weighted by Crippen LogP contribution is -2.18. The van der Waals surface area contributed by atoms with Crippen molar-refractivity contribution < 1.29 is 0 Å². The van der Waals surface area contributed by atoms with Gasteiger partial charge < -0.3 is 0 Å². The van der Waals surface area contributed by atoms with Gasteiger partial charge in [0.2, 0.25) is 0 Å². The molecule has 1 heteroatoms. The van der Waals surface area contributed by atoms with Crippen LogP contribution in [0.2, 0.25) is 0 Å². The summed E-state index contributed by atoms with van der Waals surface area (Å²) in [5.74, 6) is 0. The van der Waals surface area contributed by atoms with Crippen molar-refractivity contribution in [3.8, 4) is 0 Å². The zero-order valence-electron chi connectivity index (χ0n) is 9.42. The Hall–Kier alpha value is -0.430. The van der Waals surface area contributed by atoms with E-state index in [0.717, 1.165) is 6.42 Å². The number of allylic oxidation sites excluding steroid dienone is 5. The molecule has 1 atom stereocenters. The van der Waals surface area contributed by atoms with Crippen LogP contribution in [0.5, 0.6) is 0 Å². The van der Waals surface area contributed by atoms with Crippen molar-refractivity contribution in [2.45, 2.75) is 34.1 Å². The largest absolute Gasteiger partial charge is 0.102 e. The highest BCUT2D eigenvalue weighted by molar-refractivity contribution is 8.06. The first-order valence-electron chi connectivity index (χ1n) is 5.19. The molecule has 1 unspecified atom stereocenters. The molecule has 0 amide bonds. The average molecular weight is 206 g/mol. The normalized spacial score (nSPS) is 31.1. The van der Waals surface area contributed by atoms with Crippen LogP contribution in [-0.4, -0.2) is 0 Å². The van der Waals surface area contributed by atoms with E-state index in [1.54, 1.807) is 0 Å². The third kappa shape index (κ3) is 1.58. The van der Waals surface area contributed by atoms with Gasteiger partial charge in [-0.3, -0.25) is 0 Å². The zero-order valence-corrected chi connectivity index (χ0v) is 10.2. The summed E-state index contributed by atoms with van der Waals surface area (Å²) in [6, 6.07) is 0. The molecule has 0 fully saturated rings. The molecule has 76 valence electrons. The number of thioether (sulfide) groups is 1. The van der Waals surface area contributed by atoms with Crippen LogP contribution in [-0.2, 0) is 0 Å². The first-order valence-corrected chi connectivity index (χ1v) is 6.07. The molecule has 0 spiro atoms. The van der Waals surface area contributed by atoms with Gasteiger partial charge in [-0.25, -0.2) is 0 Å². The summed E-state index contributed by atoms with van der Waals surface area (Å²) in [4.78, 5) is 1.52. The van der Waals surface area contributed by atoms with E-state index < -0.39 is 0 Å². The second kappa shape index (κ2) is 3.03. The summed E-state index contributed by atoms with van der Waals surface area (Å²) in [5, 5.41) is 2.23. The molecule has 1 heterocycles. The summed E-state index contributed by atoms with van der Waals surface area (Å²) in [6.45, 7) is 9.17. The maximum Gasteiger partial charge on any atom is 0.0209 e. The van der Waals surface area contributed by atoms with Gasteiger partial charge in [-0.1, -0.05) is 39.8 Å². The Morgan fingerprint density at radius 2 is 2.07 bits per heavy atom. The van der Waals surface area contributed by atoms with Crippen molar-refractivity contribution >= 4 is 11.8 Å². The van der Waals surface area contributed by atoms with Crippen LogP contribution in [0.4, 0.5) is 0 Å². The highest BCUT2D eigenvalue weighted by Crippen LogP contribution is 2.51. The molecular weight excluding hydrogens is 188 g/mol. The highest BCUT2D eigenvalue weighted by Gasteiger charge is 2.33. The average Bonchev–Trinajstić information content (AvgIpc) is 2.42. The van der Waals surface area contributed by atoms with Crippen molar-refractivity contribution in [1.82, 2.24) is 0 Å². The van der Waals surface area contributed by atoms with Gasteiger partial charge in [-0.15, -0.1) is 11.8 Å². The van der Waals surface area contributed by atoms with E-state index in [-0.39, 0.29) is 5.41 Å². The maximum atomic E-state index is 2.40. The highest BCUT2D eigenvalue weighted by atomic mass is 32.2.